The van der Waals surface area contributed by atoms with E-state index < -0.39 is 11.6 Å². The number of fused-ring (bicyclic) bond motifs is 1. The van der Waals surface area contributed by atoms with E-state index in [1.807, 2.05) is 18.2 Å². The number of Topliss-reactive ketones (excluding diaryl/α,β-unsaturated/α-hetero) is 1. The molecule has 2 aromatic rings. The zero-order valence-corrected chi connectivity index (χ0v) is 10.6. The van der Waals surface area contributed by atoms with Crippen molar-refractivity contribution in [3.05, 3.63) is 65.2 Å². The van der Waals surface area contributed by atoms with Gasteiger partial charge >= 0.3 is 0 Å². The molecule has 3 rings (SSSR count). The number of halogens is 2. The van der Waals surface area contributed by atoms with Crippen molar-refractivity contribution in [2.75, 3.05) is 6.61 Å². The van der Waals surface area contributed by atoms with Gasteiger partial charge < -0.3 is 4.74 Å². The van der Waals surface area contributed by atoms with E-state index in [1.165, 1.54) is 6.07 Å². The molecule has 1 atom stereocenters. The van der Waals surface area contributed by atoms with Gasteiger partial charge in [-0.25, -0.2) is 8.78 Å². The number of hydrogen-bond acceptors (Lipinski definition) is 2. The zero-order valence-electron chi connectivity index (χ0n) is 10.6. The fourth-order valence-electron chi connectivity index (χ4n) is 2.41. The van der Waals surface area contributed by atoms with E-state index in [1.54, 1.807) is 6.07 Å². The molecule has 0 saturated carbocycles. The van der Waals surface area contributed by atoms with Gasteiger partial charge in [0.1, 0.15) is 29.8 Å². The van der Waals surface area contributed by atoms with Gasteiger partial charge in [0.25, 0.3) is 0 Å². The van der Waals surface area contributed by atoms with Gasteiger partial charge in [-0.05, 0) is 17.7 Å². The lowest BCUT2D eigenvalue weighted by Crippen LogP contribution is -2.17. The lowest BCUT2D eigenvalue weighted by Gasteiger charge is -2.08. The van der Waals surface area contributed by atoms with Gasteiger partial charge in [0.2, 0.25) is 0 Å². The van der Waals surface area contributed by atoms with Crippen molar-refractivity contribution in [2.45, 2.75) is 12.3 Å². The highest BCUT2D eigenvalue weighted by atomic mass is 19.1. The zero-order chi connectivity index (χ0) is 14.1. The Morgan fingerprint density at radius 1 is 1.20 bits per heavy atom. The minimum atomic E-state index is -0.689. The molecule has 0 amide bonds. The maximum Gasteiger partial charge on any atom is 0.148 e. The minimum Gasteiger partial charge on any atom is -0.492 e. The van der Waals surface area contributed by atoms with E-state index in [2.05, 4.69) is 0 Å². The SMILES string of the molecule is O=C(Cc1ccc(F)cc1F)C1COc2ccccc21. The minimum absolute atomic E-state index is 0.0610. The highest BCUT2D eigenvalue weighted by Crippen LogP contribution is 2.34. The average molecular weight is 274 g/mol. The van der Waals surface area contributed by atoms with Crippen molar-refractivity contribution in [3.63, 3.8) is 0 Å². The molecule has 1 aliphatic heterocycles. The molecule has 0 fully saturated rings. The first-order valence-electron chi connectivity index (χ1n) is 6.33. The van der Waals surface area contributed by atoms with Gasteiger partial charge in [-0.15, -0.1) is 0 Å². The van der Waals surface area contributed by atoms with Crippen molar-refractivity contribution in [1.29, 1.82) is 0 Å². The van der Waals surface area contributed by atoms with Crippen molar-refractivity contribution in [1.82, 2.24) is 0 Å². The lowest BCUT2D eigenvalue weighted by atomic mass is 9.92. The molecule has 1 unspecified atom stereocenters. The number of ether oxygens (including phenoxy) is 1. The third-order valence-electron chi connectivity index (χ3n) is 3.47. The fraction of sp³-hybridized carbons (Fsp3) is 0.188. The molecule has 0 aliphatic carbocycles. The van der Waals surface area contributed by atoms with Crippen LogP contribution in [-0.2, 0) is 11.2 Å². The van der Waals surface area contributed by atoms with E-state index in [-0.39, 0.29) is 30.3 Å². The summed E-state index contributed by atoms with van der Waals surface area (Å²) in [5, 5.41) is 0. The quantitative estimate of drug-likeness (QED) is 0.858. The molecule has 20 heavy (non-hydrogen) atoms. The van der Waals surface area contributed by atoms with Gasteiger partial charge in [-0.3, -0.25) is 4.79 Å². The van der Waals surface area contributed by atoms with Gasteiger partial charge in [0, 0.05) is 18.1 Å². The Morgan fingerprint density at radius 3 is 2.80 bits per heavy atom. The Bertz CT molecular complexity index is 667. The first-order valence-corrected chi connectivity index (χ1v) is 6.33. The Kier molecular flexibility index (Phi) is 3.22. The Labute approximate surface area is 115 Å². The normalized spacial score (nSPS) is 16.6. The molecule has 2 aromatic carbocycles. The smallest absolute Gasteiger partial charge is 0.148 e. The van der Waals surface area contributed by atoms with Crippen LogP contribution in [0.25, 0.3) is 0 Å². The number of carbonyl (C=O) groups excluding carboxylic acids is 1. The van der Waals surface area contributed by atoms with Crippen LogP contribution in [0.2, 0.25) is 0 Å². The Hall–Kier alpha value is -2.23. The molecule has 0 bridgehead atoms. The summed E-state index contributed by atoms with van der Waals surface area (Å²) in [4.78, 5) is 12.3. The second kappa shape index (κ2) is 5.04. The summed E-state index contributed by atoms with van der Waals surface area (Å²) in [5.74, 6) is -1.14. The van der Waals surface area contributed by atoms with E-state index >= 15 is 0 Å². The molecular weight excluding hydrogens is 262 g/mol. The average Bonchev–Trinajstić information content (AvgIpc) is 2.86. The van der Waals surface area contributed by atoms with Crippen LogP contribution in [0.3, 0.4) is 0 Å². The molecule has 1 aliphatic rings. The molecular formula is C16H12F2O2. The summed E-state index contributed by atoms with van der Waals surface area (Å²) in [6.07, 6.45) is -0.0610. The largest absolute Gasteiger partial charge is 0.492 e. The molecule has 0 aromatic heterocycles. The molecule has 2 nitrogen and oxygen atoms in total. The lowest BCUT2D eigenvalue weighted by molar-refractivity contribution is -0.120. The molecule has 1 heterocycles. The predicted octanol–water partition coefficient (Wildman–Crippen LogP) is 3.25. The number of benzene rings is 2. The summed E-state index contributed by atoms with van der Waals surface area (Å²) >= 11 is 0. The summed E-state index contributed by atoms with van der Waals surface area (Å²) in [7, 11) is 0. The van der Waals surface area contributed by atoms with Crippen LogP contribution in [0.15, 0.2) is 42.5 Å². The van der Waals surface area contributed by atoms with Crippen LogP contribution < -0.4 is 4.74 Å². The van der Waals surface area contributed by atoms with Gasteiger partial charge in [-0.1, -0.05) is 24.3 Å². The van der Waals surface area contributed by atoms with Crippen LogP contribution in [0, 0.1) is 11.6 Å². The van der Waals surface area contributed by atoms with Crippen molar-refractivity contribution < 1.29 is 18.3 Å². The summed E-state index contributed by atoms with van der Waals surface area (Å²) in [6.45, 7) is 0.279. The number of para-hydroxylation sites is 1. The van der Waals surface area contributed by atoms with E-state index in [0.717, 1.165) is 17.7 Å². The third-order valence-corrected chi connectivity index (χ3v) is 3.47. The second-order valence-corrected chi connectivity index (χ2v) is 4.78. The summed E-state index contributed by atoms with van der Waals surface area (Å²) in [5.41, 5.74) is 1.04. The van der Waals surface area contributed by atoms with Crippen molar-refractivity contribution >= 4 is 5.78 Å². The van der Waals surface area contributed by atoms with E-state index in [4.69, 9.17) is 4.74 Å². The van der Waals surface area contributed by atoms with Crippen LogP contribution >= 0.6 is 0 Å². The molecule has 0 N–H and O–H groups in total. The summed E-state index contributed by atoms with van der Waals surface area (Å²) in [6, 6.07) is 10.6. The Balaban J connectivity index is 1.81. The summed E-state index contributed by atoms with van der Waals surface area (Å²) < 4.78 is 31.9. The van der Waals surface area contributed by atoms with Crippen LogP contribution in [0.1, 0.15) is 17.0 Å². The maximum atomic E-state index is 13.6. The third kappa shape index (κ3) is 2.29. The van der Waals surface area contributed by atoms with Crippen molar-refractivity contribution in [2.24, 2.45) is 0 Å². The highest BCUT2D eigenvalue weighted by molar-refractivity contribution is 5.89. The van der Waals surface area contributed by atoms with Gasteiger partial charge in [0.05, 0.1) is 5.92 Å². The molecule has 0 saturated heterocycles. The molecule has 0 spiro atoms. The topological polar surface area (TPSA) is 26.3 Å². The van der Waals surface area contributed by atoms with Crippen LogP contribution in [-0.4, -0.2) is 12.4 Å². The predicted molar refractivity (Wildman–Crippen MR) is 69.7 cm³/mol. The fourth-order valence-corrected chi connectivity index (χ4v) is 2.41. The number of hydrogen-bond donors (Lipinski definition) is 0. The maximum absolute atomic E-state index is 13.6. The van der Waals surface area contributed by atoms with Gasteiger partial charge in [-0.2, -0.15) is 0 Å². The van der Waals surface area contributed by atoms with E-state index in [9.17, 15) is 13.6 Å². The number of carbonyl (C=O) groups is 1. The molecule has 0 radical (unpaired) electrons. The highest BCUT2D eigenvalue weighted by Gasteiger charge is 2.30. The van der Waals surface area contributed by atoms with E-state index in [0.29, 0.717) is 5.75 Å². The first kappa shape index (κ1) is 12.8. The number of ketones is 1. The standard InChI is InChI=1S/C16H12F2O2/c17-11-6-5-10(14(18)8-11)7-15(19)13-9-20-16-4-2-1-3-12(13)16/h1-6,8,13H,7,9H2. The second-order valence-electron chi connectivity index (χ2n) is 4.78. The van der Waals surface area contributed by atoms with Crippen LogP contribution in [0.5, 0.6) is 5.75 Å². The number of rotatable bonds is 3. The van der Waals surface area contributed by atoms with Gasteiger partial charge in [0.15, 0.2) is 0 Å². The monoisotopic (exact) mass is 274 g/mol. The van der Waals surface area contributed by atoms with Crippen molar-refractivity contribution in [3.8, 4) is 5.75 Å². The Morgan fingerprint density at radius 2 is 2.00 bits per heavy atom. The first-order chi connectivity index (χ1) is 9.65. The van der Waals surface area contributed by atoms with Crippen LogP contribution in [0.4, 0.5) is 8.78 Å². The molecule has 102 valence electrons. The molecule has 4 heteroatoms.